The van der Waals surface area contributed by atoms with Crippen LogP contribution in [0, 0.1) is 0 Å². The first-order chi connectivity index (χ1) is 13.1. The van der Waals surface area contributed by atoms with Crippen LogP contribution in [0.5, 0.6) is 0 Å². The molecule has 1 aromatic heterocycles. The highest BCUT2D eigenvalue weighted by molar-refractivity contribution is 6.02. The van der Waals surface area contributed by atoms with Crippen molar-refractivity contribution in [1.82, 2.24) is 9.80 Å². The van der Waals surface area contributed by atoms with E-state index in [2.05, 4.69) is 0 Å². The second-order valence-corrected chi connectivity index (χ2v) is 6.83. The minimum absolute atomic E-state index is 0.0634. The summed E-state index contributed by atoms with van der Waals surface area (Å²) >= 11 is 0. The molecule has 7 heteroatoms. The van der Waals surface area contributed by atoms with Gasteiger partial charge in [0.05, 0.1) is 6.26 Å². The van der Waals surface area contributed by atoms with Crippen molar-refractivity contribution in [2.75, 3.05) is 31.1 Å². The molecule has 2 aliphatic rings. The first kappa shape index (κ1) is 17.3. The maximum atomic E-state index is 13.1. The van der Waals surface area contributed by atoms with Gasteiger partial charge in [0.2, 0.25) is 11.8 Å². The molecule has 0 spiro atoms. The molecule has 0 N–H and O–H groups in total. The van der Waals surface area contributed by atoms with Crippen LogP contribution in [-0.2, 0) is 16.0 Å². The molecular formula is C20H21N3O4. The Bertz CT molecular complexity index is 869. The Balaban J connectivity index is 1.44. The molecule has 2 aliphatic heterocycles. The van der Waals surface area contributed by atoms with Gasteiger partial charge in [-0.25, -0.2) is 0 Å². The molecular weight excluding hydrogens is 346 g/mol. The van der Waals surface area contributed by atoms with Crippen molar-refractivity contribution in [3.8, 4) is 0 Å². The van der Waals surface area contributed by atoms with E-state index in [0.717, 1.165) is 11.3 Å². The number of fused-ring (bicyclic) bond motifs is 1. The van der Waals surface area contributed by atoms with Crippen LogP contribution < -0.4 is 4.90 Å². The fraction of sp³-hybridized carbons (Fsp3) is 0.350. The van der Waals surface area contributed by atoms with E-state index in [1.807, 2.05) is 24.3 Å². The molecule has 0 bridgehead atoms. The second-order valence-electron chi connectivity index (χ2n) is 6.83. The Morgan fingerprint density at radius 3 is 2.33 bits per heavy atom. The lowest BCUT2D eigenvalue weighted by Gasteiger charge is -2.37. The molecule has 2 aromatic rings. The van der Waals surface area contributed by atoms with Crippen molar-refractivity contribution in [2.45, 2.75) is 19.4 Å². The molecule has 3 heterocycles. The van der Waals surface area contributed by atoms with Crippen molar-refractivity contribution in [2.24, 2.45) is 0 Å². The Kier molecular flexibility index (Phi) is 4.43. The van der Waals surface area contributed by atoms with E-state index in [9.17, 15) is 14.4 Å². The van der Waals surface area contributed by atoms with Gasteiger partial charge >= 0.3 is 0 Å². The van der Waals surface area contributed by atoms with E-state index in [1.54, 1.807) is 26.8 Å². The van der Waals surface area contributed by atoms with Crippen LogP contribution in [-0.4, -0.2) is 59.7 Å². The number of carbonyl (C=O) groups excluding carboxylic acids is 3. The third-order valence-electron chi connectivity index (χ3n) is 5.21. The van der Waals surface area contributed by atoms with Crippen LogP contribution in [0.4, 0.5) is 5.69 Å². The summed E-state index contributed by atoms with van der Waals surface area (Å²) in [6, 6.07) is 10.4. The molecule has 0 aliphatic carbocycles. The summed E-state index contributed by atoms with van der Waals surface area (Å²) in [4.78, 5) is 42.7. The van der Waals surface area contributed by atoms with Crippen molar-refractivity contribution in [3.05, 3.63) is 54.0 Å². The predicted octanol–water partition coefficient (Wildman–Crippen LogP) is 1.54. The summed E-state index contributed by atoms with van der Waals surface area (Å²) in [6.07, 6.45) is 2.00. The molecule has 7 nitrogen and oxygen atoms in total. The Morgan fingerprint density at radius 2 is 1.67 bits per heavy atom. The largest absolute Gasteiger partial charge is 0.459 e. The molecule has 0 saturated carbocycles. The van der Waals surface area contributed by atoms with Crippen molar-refractivity contribution < 1.29 is 18.8 Å². The number of nitrogens with zero attached hydrogens (tertiary/aromatic N) is 3. The third-order valence-corrected chi connectivity index (χ3v) is 5.21. The first-order valence-corrected chi connectivity index (χ1v) is 9.05. The summed E-state index contributed by atoms with van der Waals surface area (Å²) in [7, 11) is 0. The lowest BCUT2D eigenvalue weighted by Crippen LogP contribution is -2.56. The number of carbonyl (C=O) groups is 3. The first-order valence-electron chi connectivity index (χ1n) is 9.05. The Morgan fingerprint density at radius 1 is 0.963 bits per heavy atom. The highest BCUT2D eigenvalue weighted by atomic mass is 16.3. The van der Waals surface area contributed by atoms with E-state index in [-0.39, 0.29) is 17.7 Å². The van der Waals surface area contributed by atoms with Gasteiger partial charge in [-0.2, -0.15) is 0 Å². The topological polar surface area (TPSA) is 74.1 Å². The van der Waals surface area contributed by atoms with Gasteiger partial charge in [-0.3, -0.25) is 19.3 Å². The molecule has 1 aromatic carbocycles. The predicted molar refractivity (Wildman–Crippen MR) is 98.3 cm³/mol. The lowest BCUT2D eigenvalue weighted by molar-refractivity contribution is -0.135. The van der Waals surface area contributed by atoms with Gasteiger partial charge in [-0.1, -0.05) is 18.2 Å². The van der Waals surface area contributed by atoms with Gasteiger partial charge in [0.1, 0.15) is 6.04 Å². The van der Waals surface area contributed by atoms with Gasteiger partial charge in [-0.15, -0.1) is 0 Å². The molecule has 140 valence electrons. The minimum atomic E-state index is -0.507. The second kappa shape index (κ2) is 6.90. The molecule has 0 radical (unpaired) electrons. The van der Waals surface area contributed by atoms with Gasteiger partial charge in [-0.05, 0) is 23.8 Å². The normalized spacial score (nSPS) is 19.1. The van der Waals surface area contributed by atoms with E-state index < -0.39 is 6.04 Å². The zero-order chi connectivity index (χ0) is 19.0. The number of hydrogen-bond acceptors (Lipinski definition) is 4. The Hall–Kier alpha value is -3.09. The van der Waals surface area contributed by atoms with Crippen LogP contribution in [0.2, 0.25) is 0 Å². The number of anilines is 1. The molecule has 3 amide bonds. The summed E-state index contributed by atoms with van der Waals surface area (Å²) in [5, 5.41) is 0. The van der Waals surface area contributed by atoms with Gasteiger partial charge in [0.15, 0.2) is 5.76 Å². The number of rotatable bonds is 2. The smallest absolute Gasteiger partial charge is 0.289 e. The van der Waals surface area contributed by atoms with Crippen LogP contribution >= 0.6 is 0 Å². The molecule has 1 saturated heterocycles. The number of piperazine rings is 1. The van der Waals surface area contributed by atoms with Crippen molar-refractivity contribution in [1.29, 1.82) is 0 Å². The van der Waals surface area contributed by atoms with E-state index in [4.69, 9.17) is 4.42 Å². The minimum Gasteiger partial charge on any atom is -0.459 e. The fourth-order valence-electron chi connectivity index (χ4n) is 3.87. The molecule has 0 unspecified atom stereocenters. The van der Waals surface area contributed by atoms with E-state index >= 15 is 0 Å². The van der Waals surface area contributed by atoms with Crippen LogP contribution in [0.3, 0.4) is 0 Å². The monoisotopic (exact) mass is 367 g/mol. The average molecular weight is 367 g/mol. The maximum absolute atomic E-state index is 13.1. The Labute approximate surface area is 157 Å². The molecule has 1 atom stereocenters. The van der Waals surface area contributed by atoms with E-state index in [0.29, 0.717) is 38.4 Å². The third kappa shape index (κ3) is 3.09. The summed E-state index contributed by atoms with van der Waals surface area (Å²) < 4.78 is 5.16. The maximum Gasteiger partial charge on any atom is 0.289 e. The quantitative estimate of drug-likeness (QED) is 0.807. The molecule has 1 fully saturated rings. The zero-order valence-electron chi connectivity index (χ0n) is 15.1. The van der Waals surface area contributed by atoms with Gasteiger partial charge in [0.25, 0.3) is 5.91 Å². The highest BCUT2D eigenvalue weighted by Crippen LogP contribution is 2.33. The standard InChI is InChI=1S/C20H21N3O4/c1-14(24)23-16-6-3-2-5-15(16)13-17(23)19(25)21-8-10-22(11-9-21)20(26)18-7-4-12-27-18/h2-7,12,17H,8-11,13H2,1H3/t17-/m1/s1. The SMILES string of the molecule is CC(=O)N1c2ccccc2C[C@@H]1C(=O)N1CCN(C(=O)c2ccco2)CC1. The fourth-order valence-corrected chi connectivity index (χ4v) is 3.87. The molecule has 4 rings (SSSR count). The number of furan rings is 1. The van der Waals surface area contributed by atoms with E-state index in [1.165, 1.54) is 13.2 Å². The average Bonchev–Trinajstić information content (AvgIpc) is 3.34. The van der Waals surface area contributed by atoms with Crippen LogP contribution in [0.25, 0.3) is 0 Å². The number of hydrogen-bond donors (Lipinski definition) is 0. The summed E-state index contributed by atoms with van der Waals surface area (Å²) in [5.41, 5.74) is 1.83. The van der Waals surface area contributed by atoms with Crippen molar-refractivity contribution >= 4 is 23.4 Å². The number of para-hydroxylation sites is 1. The number of benzene rings is 1. The van der Waals surface area contributed by atoms with Gasteiger partial charge in [0, 0.05) is 45.2 Å². The number of amides is 3. The summed E-state index contributed by atoms with van der Waals surface area (Å²) in [6.45, 7) is 3.28. The van der Waals surface area contributed by atoms with Gasteiger partial charge < -0.3 is 14.2 Å². The van der Waals surface area contributed by atoms with Crippen molar-refractivity contribution in [3.63, 3.8) is 0 Å². The summed E-state index contributed by atoms with van der Waals surface area (Å²) in [5.74, 6) is -0.0501. The van der Waals surface area contributed by atoms with Crippen LogP contribution in [0.15, 0.2) is 47.1 Å². The molecule has 27 heavy (non-hydrogen) atoms. The highest BCUT2D eigenvalue weighted by Gasteiger charge is 2.39. The van der Waals surface area contributed by atoms with Crippen LogP contribution in [0.1, 0.15) is 23.0 Å². The lowest BCUT2D eigenvalue weighted by atomic mass is 10.1. The zero-order valence-corrected chi connectivity index (χ0v) is 15.1.